The van der Waals surface area contributed by atoms with Crippen LogP contribution in [0.4, 0.5) is 10.1 Å². The summed E-state index contributed by atoms with van der Waals surface area (Å²) in [6.07, 6.45) is 1.92. The van der Waals surface area contributed by atoms with E-state index in [9.17, 15) is 14.0 Å². The molecule has 0 unspecified atom stereocenters. The van der Waals surface area contributed by atoms with E-state index in [1.54, 1.807) is 18.2 Å². The Balaban J connectivity index is 1.40. The number of anilines is 1. The van der Waals surface area contributed by atoms with Gasteiger partial charge in [-0.2, -0.15) is 0 Å². The van der Waals surface area contributed by atoms with Crippen molar-refractivity contribution >= 4 is 40.7 Å². The summed E-state index contributed by atoms with van der Waals surface area (Å²) in [5.74, 6) is -0.707. The van der Waals surface area contributed by atoms with Crippen molar-refractivity contribution in [3.8, 4) is 0 Å². The zero-order chi connectivity index (χ0) is 20.8. The summed E-state index contributed by atoms with van der Waals surface area (Å²) in [6.45, 7) is 2.19. The fourth-order valence-electron chi connectivity index (χ4n) is 3.25. The zero-order valence-corrected chi connectivity index (χ0v) is 17.3. The molecule has 2 aromatic carbocycles. The van der Waals surface area contributed by atoms with E-state index >= 15 is 0 Å². The van der Waals surface area contributed by atoms with Crippen molar-refractivity contribution in [3.05, 3.63) is 63.9 Å². The summed E-state index contributed by atoms with van der Waals surface area (Å²) in [7, 11) is 0. The molecule has 2 aromatic rings. The van der Waals surface area contributed by atoms with Gasteiger partial charge in [-0.05, 0) is 49.2 Å². The summed E-state index contributed by atoms with van der Waals surface area (Å²) >= 11 is 12.1. The number of piperidine rings is 1. The third-order valence-corrected chi connectivity index (χ3v) is 5.54. The molecule has 5 nitrogen and oxygen atoms in total. The summed E-state index contributed by atoms with van der Waals surface area (Å²) in [6, 6.07) is 10.6. The minimum Gasteiger partial charge on any atom is -0.349 e. The number of hydrogen-bond donors (Lipinski definition) is 2. The number of halogens is 3. The second-order valence-corrected chi connectivity index (χ2v) is 7.81. The summed E-state index contributed by atoms with van der Waals surface area (Å²) in [4.78, 5) is 26.6. The van der Waals surface area contributed by atoms with Crippen LogP contribution in [0.3, 0.4) is 0 Å². The SMILES string of the molecule is O=C(CCN1CCC(NC(=O)c2ccc(F)cc2)CC1)Nc1c(Cl)cccc1Cl. The maximum Gasteiger partial charge on any atom is 0.251 e. The molecule has 2 N–H and O–H groups in total. The Morgan fingerprint density at radius 1 is 1.03 bits per heavy atom. The van der Waals surface area contributed by atoms with Gasteiger partial charge in [0, 0.05) is 37.7 Å². The molecule has 1 aliphatic heterocycles. The van der Waals surface area contributed by atoms with Gasteiger partial charge < -0.3 is 15.5 Å². The Morgan fingerprint density at radius 2 is 1.66 bits per heavy atom. The first kappa shape index (κ1) is 21.6. The smallest absolute Gasteiger partial charge is 0.251 e. The van der Waals surface area contributed by atoms with Gasteiger partial charge in [0.25, 0.3) is 5.91 Å². The first-order valence-corrected chi connectivity index (χ1v) is 10.2. The number of hydrogen-bond acceptors (Lipinski definition) is 3. The van der Waals surface area contributed by atoms with Crippen LogP contribution in [0.1, 0.15) is 29.6 Å². The maximum atomic E-state index is 13.0. The second-order valence-electron chi connectivity index (χ2n) is 6.99. The highest BCUT2D eigenvalue weighted by atomic mass is 35.5. The monoisotopic (exact) mass is 437 g/mol. The Hall–Kier alpha value is -2.15. The third-order valence-electron chi connectivity index (χ3n) is 4.91. The molecule has 0 saturated carbocycles. The highest BCUT2D eigenvalue weighted by Crippen LogP contribution is 2.29. The van der Waals surface area contributed by atoms with Gasteiger partial charge in [0.05, 0.1) is 15.7 Å². The Labute approximate surface area is 179 Å². The topological polar surface area (TPSA) is 61.4 Å². The standard InChI is InChI=1S/C21H22Cl2FN3O2/c22-17-2-1-3-18(23)20(17)26-19(28)10-13-27-11-8-16(9-12-27)25-21(29)14-4-6-15(24)7-5-14/h1-7,16H,8-13H2,(H,25,29)(H,26,28). The normalized spacial score (nSPS) is 15.1. The van der Waals surface area contributed by atoms with E-state index in [0.29, 0.717) is 34.3 Å². The number of nitrogens with zero attached hydrogens (tertiary/aromatic N) is 1. The van der Waals surface area contributed by atoms with Crippen LogP contribution in [0.2, 0.25) is 10.0 Å². The molecular formula is C21H22Cl2FN3O2. The summed E-state index contributed by atoms with van der Waals surface area (Å²) < 4.78 is 13.0. The molecule has 0 aromatic heterocycles. The van der Waals surface area contributed by atoms with E-state index < -0.39 is 0 Å². The second kappa shape index (κ2) is 10.1. The van der Waals surface area contributed by atoms with Crippen LogP contribution in [0.5, 0.6) is 0 Å². The number of likely N-dealkylation sites (tertiary alicyclic amines) is 1. The first-order valence-electron chi connectivity index (χ1n) is 9.45. The molecule has 1 heterocycles. The quantitative estimate of drug-likeness (QED) is 0.705. The van der Waals surface area contributed by atoms with E-state index in [1.165, 1.54) is 24.3 Å². The largest absolute Gasteiger partial charge is 0.349 e. The molecule has 0 aliphatic carbocycles. The molecule has 1 fully saturated rings. The molecule has 154 valence electrons. The molecule has 2 amide bonds. The van der Waals surface area contributed by atoms with Crippen molar-refractivity contribution in [2.75, 3.05) is 25.0 Å². The Morgan fingerprint density at radius 3 is 2.28 bits per heavy atom. The highest BCUT2D eigenvalue weighted by Gasteiger charge is 2.21. The van der Waals surface area contributed by atoms with Gasteiger partial charge in [-0.15, -0.1) is 0 Å². The van der Waals surface area contributed by atoms with Gasteiger partial charge in [-0.3, -0.25) is 9.59 Å². The molecule has 29 heavy (non-hydrogen) atoms. The van der Waals surface area contributed by atoms with Gasteiger partial charge in [-0.25, -0.2) is 4.39 Å². The van der Waals surface area contributed by atoms with Crippen molar-refractivity contribution in [2.45, 2.75) is 25.3 Å². The third kappa shape index (κ3) is 6.16. The molecule has 1 saturated heterocycles. The predicted octanol–water partition coefficient (Wildman–Crippen LogP) is 4.36. The van der Waals surface area contributed by atoms with Gasteiger partial charge in [0.15, 0.2) is 0 Å². The highest BCUT2D eigenvalue weighted by molar-refractivity contribution is 6.39. The lowest BCUT2D eigenvalue weighted by molar-refractivity contribution is -0.116. The van der Waals surface area contributed by atoms with Crippen molar-refractivity contribution in [2.24, 2.45) is 0 Å². The number of para-hydroxylation sites is 1. The van der Waals surface area contributed by atoms with Crippen LogP contribution in [-0.2, 0) is 4.79 Å². The molecule has 0 atom stereocenters. The number of benzene rings is 2. The molecule has 0 radical (unpaired) electrons. The number of carbonyl (C=O) groups is 2. The average Bonchev–Trinajstić information content (AvgIpc) is 2.71. The number of amides is 2. The van der Waals surface area contributed by atoms with Crippen molar-refractivity contribution in [3.63, 3.8) is 0 Å². The van der Waals surface area contributed by atoms with Gasteiger partial charge in [0.1, 0.15) is 5.82 Å². The van der Waals surface area contributed by atoms with Crippen LogP contribution in [0, 0.1) is 5.82 Å². The number of rotatable bonds is 6. The van der Waals surface area contributed by atoms with Gasteiger partial charge >= 0.3 is 0 Å². The molecule has 3 rings (SSSR count). The predicted molar refractivity (Wildman–Crippen MR) is 113 cm³/mol. The van der Waals surface area contributed by atoms with Gasteiger partial charge in [-0.1, -0.05) is 29.3 Å². The van der Waals surface area contributed by atoms with Gasteiger partial charge in [0.2, 0.25) is 5.91 Å². The van der Waals surface area contributed by atoms with E-state index in [4.69, 9.17) is 23.2 Å². The molecule has 0 bridgehead atoms. The minimum absolute atomic E-state index is 0.0690. The maximum absolute atomic E-state index is 13.0. The van der Waals surface area contributed by atoms with E-state index in [0.717, 1.165) is 25.9 Å². The lowest BCUT2D eigenvalue weighted by atomic mass is 10.0. The fraction of sp³-hybridized carbons (Fsp3) is 0.333. The molecular weight excluding hydrogens is 416 g/mol. The van der Waals surface area contributed by atoms with Crippen LogP contribution >= 0.6 is 23.2 Å². The van der Waals surface area contributed by atoms with Crippen LogP contribution < -0.4 is 10.6 Å². The summed E-state index contributed by atoms with van der Waals surface area (Å²) in [5.41, 5.74) is 0.881. The minimum atomic E-state index is -0.365. The first-order chi connectivity index (χ1) is 13.9. The van der Waals surface area contributed by atoms with Crippen molar-refractivity contribution in [1.29, 1.82) is 0 Å². The van der Waals surface area contributed by atoms with Crippen molar-refractivity contribution < 1.29 is 14.0 Å². The van der Waals surface area contributed by atoms with Crippen LogP contribution in [0.15, 0.2) is 42.5 Å². The lowest BCUT2D eigenvalue weighted by Gasteiger charge is -2.32. The zero-order valence-electron chi connectivity index (χ0n) is 15.8. The van der Waals surface area contributed by atoms with Crippen LogP contribution in [-0.4, -0.2) is 42.4 Å². The Bertz CT molecular complexity index is 848. The van der Waals surface area contributed by atoms with Crippen molar-refractivity contribution in [1.82, 2.24) is 10.2 Å². The van der Waals surface area contributed by atoms with E-state index in [1.807, 2.05) is 0 Å². The molecule has 8 heteroatoms. The van der Waals surface area contributed by atoms with Crippen LogP contribution in [0.25, 0.3) is 0 Å². The average molecular weight is 438 g/mol. The van der Waals surface area contributed by atoms with E-state index in [2.05, 4.69) is 15.5 Å². The molecule has 1 aliphatic rings. The number of carbonyl (C=O) groups excluding carboxylic acids is 2. The number of nitrogens with one attached hydrogen (secondary N) is 2. The molecule has 0 spiro atoms. The summed E-state index contributed by atoms with van der Waals surface area (Å²) in [5, 5.41) is 6.56. The van der Waals surface area contributed by atoms with E-state index in [-0.39, 0.29) is 23.7 Å². The lowest BCUT2D eigenvalue weighted by Crippen LogP contribution is -2.45. The Kier molecular flexibility index (Phi) is 7.47. The fourth-order valence-corrected chi connectivity index (χ4v) is 3.74.